The summed E-state index contributed by atoms with van der Waals surface area (Å²) < 4.78 is 23.0. The Morgan fingerprint density at radius 2 is 1.84 bits per heavy atom. The molecule has 0 unspecified atom stereocenters. The van der Waals surface area contributed by atoms with Crippen molar-refractivity contribution in [2.45, 2.75) is 19.5 Å². The highest BCUT2D eigenvalue weighted by Gasteiger charge is 2.22. The van der Waals surface area contributed by atoms with Crippen molar-refractivity contribution < 1.29 is 8.42 Å². The number of fused-ring (bicyclic) bond motifs is 1. The highest BCUT2D eigenvalue weighted by molar-refractivity contribution is 7.90. The van der Waals surface area contributed by atoms with Crippen LogP contribution in [0.2, 0.25) is 0 Å². The lowest BCUT2D eigenvalue weighted by Gasteiger charge is -2.12. The number of rotatable bonds is 4. The molecule has 1 aliphatic heterocycles. The van der Waals surface area contributed by atoms with Crippen molar-refractivity contribution in [3.05, 3.63) is 58.7 Å². The third-order valence-corrected chi connectivity index (χ3v) is 5.29. The van der Waals surface area contributed by atoms with Gasteiger partial charge in [-0.15, -0.1) is 0 Å². The van der Waals surface area contributed by atoms with Crippen LogP contribution < -0.4 is 0 Å². The summed E-state index contributed by atoms with van der Waals surface area (Å²) in [6.45, 7) is 1.09. The molecule has 25 heavy (non-hydrogen) atoms. The SMILES string of the molecule is CS(=O)(=O)CCc1cc2c(c(-c3ccc(C#N)cc3)c1)CN(C#N)C2. The Morgan fingerprint density at radius 1 is 1.12 bits per heavy atom. The van der Waals surface area contributed by atoms with Crippen molar-refractivity contribution in [2.75, 3.05) is 12.0 Å². The number of sulfone groups is 1. The van der Waals surface area contributed by atoms with Crippen molar-refractivity contribution in [2.24, 2.45) is 0 Å². The second-order valence-electron chi connectivity index (χ2n) is 6.31. The first kappa shape index (κ1) is 17.0. The Labute approximate surface area is 147 Å². The Balaban J connectivity index is 2.04. The van der Waals surface area contributed by atoms with E-state index in [2.05, 4.69) is 12.3 Å². The van der Waals surface area contributed by atoms with Crippen LogP contribution in [0.25, 0.3) is 11.1 Å². The summed E-state index contributed by atoms with van der Waals surface area (Å²) in [5, 5.41) is 18.2. The van der Waals surface area contributed by atoms with Crippen LogP contribution in [0.1, 0.15) is 22.3 Å². The second kappa shape index (κ2) is 6.58. The van der Waals surface area contributed by atoms with E-state index in [9.17, 15) is 13.7 Å². The summed E-state index contributed by atoms with van der Waals surface area (Å²) >= 11 is 0. The molecule has 0 fully saturated rings. The molecular formula is C19H17N3O2S. The van der Waals surface area contributed by atoms with Gasteiger partial charge in [0.1, 0.15) is 9.84 Å². The summed E-state index contributed by atoms with van der Waals surface area (Å²) in [4.78, 5) is 1.68. The number of hydrogen-bond acceptors (Lipinski definition) is 5. The van der Waals surface area contributed by atoms with Crippen molar-refractivity contribution in [3.8, 4) is 23.4 Å². The Kier molecular flexibility index (Phi) is 4.48. The minimum absolute atomic E-state index is 0.0978. The van der Waals surface area contributed by atoms with Crippen molar-refractivity contribution in [3.63, 3.8) is 0 Å². The molecule has 0 aromatic heterocycles. The van der Waals surface area contributed by atoms with Gasteiger partial charge in [0.2, 0.25) is 0 Å². The summed E-state index contributed by atoms with van der Waals surface area (Å²) in [6.07, 6.45) is 3.86. The number of hydrogen-bond donors (Lipinski definition) is 0. The van der Waals surface area contributed by atoms with E-state index >= 15 is 0 Å². The Morgan fingerprint density at radius 3 is 2.44 bits per heavy atom. The van der Waals surface area contributed by atoms with E-state index in [1.807, 2.05) is 24.3 Å². The molecule has 0 saturated heterocycles. The van der Waals surface area contributed by atoms with Gasteiger partial charge in [-0.1, -0.05) is 24.3 Å². The zero-order valence-electron chi connectivity index (χ0n) is 13.9. The van der Waals surface area contributed by atoms with Crippen LogP contribution in [0.5, 0.6) is 0 Å². The quantitative estimate of drug-likeness (QED) is 0.791. The Hall–Kier alpha value is -2.83. The van der Waals surface area contributed by atoms with E-state index in [1.165, 1.54) is 6.26 Å². The van der Waals surface area contributed by atoms with Crippen molar-refractivity contribution in [1.29, 1.82) is 10.5 Å². The van der Waals surface area contributed by atoms with E-state index in [-0.39, 0.29) is 5.75 Å². The van der Waals surface area contributed by atoms with E-state index in [1.54, 1.807) is 17.0 Å². The van der Waals surface area contributed by atoms with Gasteiger partial charge >= 0.3 is 0 Å². The summed E-state index contributed by atoms with van der Waals surface area (Å²) in [7, 11) is -3.04. The molecule has 3 rings (SSSR count). The third-order valence-electron chi connectivity index (χ3n) is 4.34. The minimum Gasteiger partial charge on any atom is -0.302 e. The number of benzene rings is 2. The van der Waals surface area contributed by atoms with Crippen LogP contribution in [0.15, 0.2) is 36.4 Å². The zero-order chi connectivity index (χ0) is 18.0. The lowest BCUT2D eigenvalue weighted by Crippen LogP contribution is -2.07. The zero-order valence-corrected chi connectivity index (χ0v) is 14.7. The van der Waals surface area contributed by atoms with Crippen LogP contribution in [0, 0.1) is 22.8 Å². The average Bonchev–Trinajstić information content (AvgIpc) is 3.02. The van der Waals surface area contributed by atoms with Crippen LogP contribution in [0.3, 0.4) is 0 Å². The van der Waals surface area contributed by atoms with E-state index in [0.29, 0.717) is 25.1 Å². The van der Waals surface area contributed by atoms with Gasteiger partial charge in [0.15, 0.2) is 6.19 Å². The molecule has 0 N–H and O–H groups in total. The molecule has 6 heteroatoms. The maximum Gasteiger partial charge on any atom is 0.179 e. The van der Waals surface area contributed by atoms with Crippen LogP contribution in [-0.4, -0.2) is 25.3 Å². The van der Waals surface area contributed by atoms with E-state index < -0.39 is 9.84 Å². The monoisotopic (exact) mass is 351 g/mol. The van der Waals surface area contributed by atoms with Gasteiger partial charge in [-0.05, 0) is 46.4 Å². The van der Waals surface area contributed by atoms with Gasteiger partial charge in [0, 0.05) is 6.26 Å². The fourth-order valence-corrected chi connectivity index (χ4v) is 3.68. The minimum atomic E-state index is -3.04. The van der Waals surface area contributed by atoms with Gasteiger partial charge < -0.3 is 4.90 Å². The van der Waals surface area contributed by atoms with Gasteiger partial charge in [-0.3, -0.25) is 0 Å². The number of aryl methyl sites for hydroxylation is 1. The highest BCUT2D eigenvalue weighted by atomic mass is 32.2. The lowest BCUT2D eigenvalue weighted by atomic mass is 9.93. The molecule has 0 amide bonds. The lowest BCUT2D eigenvalue weighted by molar-refractivity contribution is 0.417. The molecule has 2 aromatic carbocycles. The maximum atomic E-state index is 11.5. The molecule has 0 atom stereocenters. The van der Waals surface area contributed by atoms with E-state index in [4.69, 9.17) is 5.26 Å². The molecule has 1 aliphatic rings. The summed E-state index contributed by atoms with van der Waals surface area (Å²) in [5.74, 6) is 0.0978. The fourth-order valence-electron chi connectivity index (χ4n) is 3.08. The van der Waals surface area contributed by atoms with Crippen LogP contribution in [0.4, 0.5) is 0 Å². The molecule has 0 aliphatic carbocycles. The molecule has 0 bridgehead atoms. The van der Waals surface area contributed by atoms with Gasteiger partial charge in [-0.25, -0.2) is 8.42 Å². The highest BCUT2D eigenvalue weighted by Crippen LogP contribution is 2.34. The number of nitriles is 2. The predicted octanol–water partition coefficient (Wildman–Crippen LogP) is 2.61. The topological polar surface area (TPSA) is 85.0 Å². The molecule has 5 nitrogen and oxygen atoms in total. The van der Waals surface area contributed by atoms with Gasteiger partial charge in [0.05, 0.1) is 30.5 Å². The molecule has 0 spiro atoms. The standard InChI is InChI=1S/C19H17N3O2S/c1-25(23,24)7-6-15-8-17-11-22(13-21)12-19(17)18(9-15)16-4-2-14(10-20)3-5-16/h2-5,8-9H,6-7,11-12H2,1H3. The largest absolute Gasteiger partial charge is 0.302 e. The first-order valence-corrected chi connectivity index (χ1v) is 9.93. The summed E-state index contributed by atoms with van der Waals surface area (Å²) in [6, 6.07) is 13.4. The first-order chi connectivity index (χ1) is 11.9. The maximum absolute atomic E-state index is 11.5. The summed E-state index contributed by atoms with van der Waals surface area (Å²) in [5.41, 5.74) is 5.66. The van der Waals surface area contributed by atoms with E-state index in [0.717, 1.165) is 27.8 Å². The van der Waals surface area contributed by atoms with Crippen molar-refractivity contribution >= 4 is 9.84 Å². The molecule has 0 radical (unpaired) electrons. The first-order valence-electron chi connectivity index (χ1n) is 7.87. The van der Waals surface area contributed by atoms with Crippen molar-refractivity contribution in [1.82, 2.24) is 4.90 Å². The molecule has 0 saturated carbocycles. The fraction of sp³-hybridized carbons (Fsp3) is 0.263. The third kappa shape index (κ3) is 3.81. The number of nitrogens with zero attached hydrogens (tertiary/aromatic N) is 3. The van der Waals surface area contributed by atoms with Gasteiger partial charge in [0.25, 0.3) is 0 Å². The predicted molar refractivity (Wildman–Crippen MR) is 94.9 cm³/mol. The molecule has 1 heterocycles. The molecule has 126 valence electrons. The Bertz CT molecular complexity index is 997. The van der Waals surface area contributed by atoms with Gasteiger partial charge in [-0.2, -0.15) is 10.5 Å². The smallest absolute Gasteiger partial charge is 0.179 e. The average molecular weight is 351 g/mol. The molecule has 2 aromatic rings. The molecular weight excluding hydrogens is 334 g/mol. The second-order valence-corrected chi connectivity index (χ2v) is 8.57. The normalized spacial score (nSPS) is 13.2. The van der Waals surface area contributed by atoms with Crippen LogP contribution in [-0.2, 0) is 29.3 Å². The van der Waals surface area contributed by atoms with Crippen LogP contribution >= 0.6 is 0 Å².